The van der Waals surface area contributed by atoms with Gasteiger partial charge >= 0.3 is 0 Å². The van der Waals surface area contributed by atoms with Crippen LogP contribution in [0.3, 0.4) is 0 Å². The third kappa shape index (κ3) is 4.30. The molecule has 1 amide bonds. The van der Waals surface area contributed by atoms with E-state index in [2.05, 4.69) is 23.2 Å². The zero-order valence-corrected chi connectivity index (χ0v) is 14.0. The molecular formula is C18H22ClN3O. The van der Waals surface area contributed by atoms with Crippen LogP contribution >= 0.6 is 12.4 Å². The normalized spacial score (nSPS) is 14.7. The van der Waals surface area contributed by atoms with Gasteiger partial charge in [-0.1, -0.05) is 24.3 Å². The minimum Gasteiger partial charge on any atom is -0.334 e. The monoisotopic (exact) mass is 331 g/mol. The number of hydrogen-bond acceptors (Lipinski definition) is 3. The predicted molar refractivity (Wildman–Crippen MR) is 94.1 cm³/mol. The number of rotatable bonds is 5. The summed E-state index contributed by atoms with van der Waals surface area (Å²) in [5, 5.41) is 0. The fraction of sp³-hybridized carbons (Fsp3) is 0.333. The first kappa shape index (κ1) is 17.4. The highest BCUT2D eigenvalue weighted by atomic mass is 35.5. The molecular weight excluding hydrogens is 310 g/mol. The highest BCUT2D eigenvalue weighted by molar-refractivity contribution is 5.85. The summed E-state index contributed by atoms with van der Waals surface area (Å²) in [5.41, 5.74) is 9.11. The summed E-state index contributed by atoms with van der Waals surface area (Å²) in [6, 6.07) is 12.2. The molecule has 1 aliphatic rings. The zero-order chi connectivity index (χ0) is 15.5. The molecule has 5 heteroatoms. The SMILES string of the molecule is CC(N)C(=O)N(Cc1cccc(-c2cccnc2)c1)C1CC1.Cl. The average Bonchev–Trinajstić information content (AvgIpc) is 3.38. The van der Waals surface area contributed by atoms with E-state index in [0.29, 0.717) is 12.6 Å². The lowest BCUT2D eigenvalue weighted by Crippen LogP contribution is -2.42. The maximum atomic E-state index is 12.3. The van der Waals surface area contributed by atoms with Crippen molar-refractivity contribution in [3.05, 3.63) is 54.4 Å². The zero-order valence-electron chi connectivity index (χ0n) is 13.2. The third-order valence-electron chi connectivity index (χ3n) is 3.94. The predicted octanol–water partition coefficient (Wildman–Crippen LogP) is 3.01. The van der Waals surface area contributed by atoms with E-state index < -0.39 is 6.04 Å². The molecule has 0 saturated heterocycles. The number of nitrogens with zero attached hydrogens (tertiary/aromatic N) is 2. The Morgan fingerprint density at radius 2 is 2.04 bits per heavy atom. The molecule has 23 heavy (non-hydrogen) atoms. The van der Waals surface area contributed by atoms with Crippen LogP contribution in [0.1, 0.15) is 25.3 Å². The van der Waals surface area contributed by atoms with Gasteiger partial charge in [0.05, 0.1) is 6.04 Å². The number of hydrogen-bond donors (Lipinski definition) is 1. The topological polar surface area (TPSA) is 59.2 Å². The first-order valence-electron chi connectivity index (χ1n) is 7.70. The highest BCUT2D eigenvalue weighted by Crippen LogP contribution is 2.29. The van der Waals surface area contributed by atoms with Crippen molar-refractivity contribution in [2.45, 2.75) is 38.4 Å². The number of carbonyl (C=O) groups is 1. The number of benzene rings is 1. The smallest absolute Gasteiger partial charge is 0.239 e. The number of nitrogens with two attached hydrogens (primary N) is 1. The Kier molecular flexibility index (Phi) is 5.74. The number of carbonyl (C=O) groups excluding carboxylic acids is 1. The van der Waals surface area contributed by atoms with Gasteiger partial charge in [-0.25, -0.2) is 0 Å². The molecule has 1 aromatic carbocycles. The standard InChI is InChI=1S/C18H21N3O.ClH/c1-13(19)18(22)21(17-7-8-17)12-14-4-2-5-15(10-14)16-6-3-9-20-11-16;/h2-6,9-11,13,17H,7-8,12,19H2,1H3;1H. The maximum absolute atomic E-state index is 12.3. The van der Waals surface area contributed by atoms with Crippen LogP contribution in [0.15, 0.2) is 48.8 Å². The molecule has 1 heterocycles. The first-order valence-corrected chi connectivity index (χ1v) is 7.70. The van der Waals surface area contributed by atoms with Gasteiger partial charge in [0, 0.05) is 25.0 Å². The van der Waals surface area contributed by atoms with Crippen molar-refractivity contribution in [2.75, 3.05) is 0 Å². The molecule has 3 rings (SSSR count). The Labute approximate surface area is 143 Å². The van der Waals surface area contributed by atoms with Crippen LogP contribution in [0, 0.1) is 0 Å². The van der Waals surface area contributed by atoms with E-state index in [1.165, 1.54) is 0 Å². The Morgan fingerprint density at radius 1 is 1.30 bits per heavy atom. The van der Waals surface area contributed by atoms with E-state index in [1.807, 2.05) is 29.3 Å². The second-order valence-corrected chi connectivity index (χ2v) is 5.93. The summed E-state index contributed by atoms with van der Waals surface area (Å²) in [6.07, 6.45) is 5.79. The van der Waals surface area contributed by atoms with E-state index >= 15 is 0 Å². The van der Waals surface area contributed by atoms with Crippen molar-refractivity contribution in [1.82, 2.24) is 9.88 Å². The molecule has 1 aromatic heterocycles. The molecule has 4 nitrogen and oxygen atoms in total. The van der Waals surface area contributed by atoms with Gasteiger partial charge in [-0.15, -0.1) is 12.4 Å². The molecule has 0 spiro atoms. The van der Waals surface area contributed by atoms with E-state index in [0.717, 1.165) is 29.5 Å². The highest BCUT2D eigenvalue weighted by Gasteiger charge is 2.33. The second kappa shape index (κ2) is 7.57. The van der Waals surface area contributed by atoms with Crippen LogP contribution in [0.25, 0.3) is 11.1 Å². The molecule has 1 aliphatic carbocycles. The summed E-state index contributed by atoms with van der Waals surface area (Å²) in [4.78, 5) is 18.4. The van der Waals surface area contributed by atoms with Gasteiger partial charge < -0.3 is 10.6 Å². The maximum Gasteiger partial charge on any atom is 0.239 e. The quantitative estimate of drug-likeness (QED) is 0.916. The van der Waals surface area contributed by atoms with Crippen LogP contribution < -0.4 is 5.73 Å². The molecule has 2 N–H and O–H groups in total. The van der Waals surface area contributed by atoms with Crippen LogP contribution in [-0.2, 0) is 11.3 Å². The lowest BCUT2D eigenvalue weighted by atomic mass is 10.0. The van der Waals surface area contributed by atoms with Crippen LogP contribution in [0.4, 0.5) is 0 Å². The Hall–Kier alpha value is -1.91. The van der Waals surface area contributed by atoms with E-state index in [-0.39, 0.29) is 18.3 Å². The second-order valence-electron chi connectivity index (χ2n) is 5.93. The number of aromatic nitrogens is 1. The fourth-order valence-corrected chi connectivity index (χ4v) is 2.61. The first-order chi connectivity index (χ1) is 10.6. The summed E-state index contributed by atoms with van der Waals surface area (Å²) >= 11 is 0. The van der Waals surface area contributed by atoms with Gasteiger partial charge in [-0.3, -0.25) is 9.78 Å². The van der Waals surface area contributed by atoms with Crippen LogP contribution in [-0.4, -0.2) is 27.9 Å². The molecule has 2 aromatic rings. The van der Waals surface area contributed by atoms with Gasteiger partial charge in [-0.2, -0.15) is 0 Å². The summed E-state index contributed by atoms with van der Waals surface area (Å²) in [5.74, 6) is 0.0364. The van der Waals surface area contributed by atoms with Crippen molar-refractivity contribution in [3.8, 4) is 11.1 Å². The number of pyridine rings is 1. The van der Waals surface area contributed by atoms with E-state index in [9.17, 15) is 4.79 Å². The largest absolute Gasteiger partial charge is 0.334 e. The Balaban J connectivity index is 0.00000192. The molecule has 1 saturated carbocycles. The Morgan fingerprint density at radius 3 is 2.65 bits per heavy atom. The molecule has 1 unspecified atom stereocenters. The van der Waals surface area contributed by atoms with Crippen molar-refractivity contribution >= 4 is 18.3 Å². The van der Waals surface area contributed by atoms with Gasteiger partial charge in [0.15, 0.2) is 0 Å². The minimum absolute atomic E-state index is 0. The third-order valence-corrected chi connectivity index (χ3v) is 3.94. The Bertz CT molecular complexity index is 656. The lowest BCUT2D eigenvalue weighted by molar-refractivity contribution is -0.133. The van der Waals surface area contributed by atoms with Crippen LogP contribution in [0.5, 0.6) is 0 Å². The fourth-order valence-electron chi connectivity index (χ4n) is 2.61. The van der Waals surface area contributed by atoms with Gasteiger partial charge in [0.2, 0.25) is 5.91 Å². The van der Waals surface area contributed by atoms with Crippen molar-refractivity contribution in [2.24, 2.45) is 5.73 Å². The number of amides is 1. The summed E-state index contributed by atoms with van der Waals surface area (Å²) < 4.78 is 0. The average molecular weight is 332 g/mol. The van der Waals surface area contributed by atoms with E-state index in [1.54, 1.807) is 13.1 Å². The summed E-state index contributed by atoms with van der Waals surface area (Å²) in [7, 11) is 0. The van der Waals surface area contributed by atoms with E-state index in [4.69, 9.17) is 5.73 Å². The molecule has 1 fully saturated rings. The molecule has 0 aliphatic heterocycles. The minimum atomic E-state index is -0.442. The lowest BCUT2D eigenvalue weighted by Gasteiger charge is -2.24. The van der Waals surface area contributed by atoms with Gasteiger partial charge in [0.1, 0.15) is 0 Å². The van der Waals surface area contributed by atoms with Crippen molar-refractivity contribution in [3.63, 3.8) is 0 Å². The molecule has 122 valence electrons. The molecule has 1 atom stereocenters. The van der Waals surface area contributed by atoms with Crippen molar-refractivity contribution < 1.29 is 4.79 Å². The van der Waals surface area contributed by atoms with Gasteiger partial charge in [0.25, 0.3) is 0 Å². The summed E-state index contributed by atoms with van der Waals surface area (Å²) in [6.45, 7) is 2.38. The van der Waals surface area contributed by atoms with Crippen molar-refractivity contribution in [1.29, 1.82) is 0 Å². The number of halogens is 1. The van der Waals surface area contributed by atoms with Crippen LogP contribution in [0.2, 0.25) is 0 Å². The molecule has 0 bridgehead atoms. The van der Waals surface area contributed by atoms with Gasteiger partial charge in [-0.05, 0) is 48.6 Å². The molecule has 0 radical (unpaired) electrons.